The number of aliphatic hydroxyl groups excluding tert-OH is 3. The first-order valence-electron chi connectivity index (χ1n) is 13.2. The Hall–Kier alpha value is -0.690. The molecule has 0 rings (SSSR count). The van der Waals surface area contributed by atoms with Gasteiger partial charge in [-0.05, 0) is 25.7 Å². The lowest BCUT2D eigenvalue weighted by Crippen LogP contribution is -2.15. The number of ether oxygens (including phenoxy) is 1. The van der Waals surface area contributed by atoms with Crippen molar-refractivity contribution in [3.05, 3.63) is 0 Å². The van der Waals surface area contributed by atoms with Crippen molar-refractivity contribution in [2.24, 2.45) is 0 Å². The van der Waals surface area contributed by atoms with Crippen LogP contribution < -0.4 is 0 Å². The minimum atomic E-state index is -0.954. The Morgan fingerprint density at radius 1 is 0.688 bits per heavy atom. The van der Waals surface area contributed by atoms with E-state index in [4.69, 9.17) is 25.2 Å². The normalized spacial score (nSPS) is 11.9. The van der Waals surface area contributed by atoms with E-state index >= 15 is 0 Å². The number of aliphatic carboxylic acids is 1. The lowest BCUT2D eigenvalue weighted by molar-refractivity contribution is -0.137. The second-order valence-electron chi connectivity index (χ2n) is 8.83. The number of carboxylic acid groups (broad SMARTS) is 1. The fourth-order valence-electron chi connectivity index (χ4n) is 3.48. The minimum Gasteiger partial charge on any atom is -0.481 e. The van der Waals surface area contributed by atoms with E-state index in [1.54, 1.807) is 0 Å². The van der Waals surface area contributed by atoms with Gasteiger partial charge in [-0.2, -0.15) is 0 Å². The molecule has 0 aliphatic heterocycles. The highest BCUT2D eigenvalue weighted by molar-refractivity contribution is 5.66. The van der Waals surface area contributed by atoms with Crippen LogP contribution in [0.5, 0.6) is 0 Å². The molecule has 0 radical (unpaired) electrons. The highest BCUT2D eigenvalue weighted by Gasteiger charge is 2.08. The van der Waals surface area contributed by atoms with Crippen LogP contribution in [0.4, 0.5) is 0 Å². The van der Waals surface area contributed by atoms with E-state index in [1.807, 2.05) is 0 Å². The molecule has 0 aliphatic carbocycles. The summed E-state index contributed by atoms with van der Waals surface area (Å²) in [5.41, 5.74) is 0. The number of carboxylic acids is 1. The van der Waals surface area contributed by atoms with Gasteiger partial charge >= 0.3 is 5.97 Å². The summed E-state index contributed by atoms with van der Waals surface area (Å²) in [6.45, 7) is 4.73. The van der Waals surface area contributed by atoms with Crippen LogP contribution in [-0.4, -0.2) is 58.4 Å². The Bertz CT molecular complexity index is 348. The fraction of sp³-hybridized carbons (Fsp3) is 0.962. The third-order valence-corrected chi connectivity index (χ3v) is 5.57. The summed E-state index contributed by atoms with van der Waals surface area (Å²) in [7, 11) is 0. The van der Waals surface area contributed by atoms with E-state index in [0.717, 1.165) is 19.4 Å². The molecular weight excluding hydrogens is 408 g/mol. The van der Waals surface area contributed by atoms with Crippen molar-refractivity contribution in [3.8, 4) is 0 Å². The first-order valence-corrected chi connectivity index (χ1v) is 13.2. The van der Waals surface area contributed by atoms with E-state index in [9.17, 15) is 4.79 Å². The van der Waals surface area contributed by atoms with Crippen molar-refractivity contribution in [1.29, 1.82) is 0 Å². The molecule has 0 aromatic carbocycles. The van der Waals surface area contributed by atoms with Gasteiger partial charge in [0.1, 0.15) is 6.10 Å². The molecule has 194 valence electrons. The number of rotatable bonds is 23. The van der Waals surface area contributed by atoms with Crippen LogP contribution in [0.25, 0.3) is 0 Å². The second-order valence-corrected chi connectivity index (χ2v) is 8.83. The summed E-state index contributed by atoms with van der Waals surface area (Å²) in [6, 6.07) is 0. The Morgan fingerprint density at radius 3 is 1.56 bits per heavy atom. The Kier molecular flexibility index (Phi) is 29.7. The Labute approximate surface area is 197 Å². The maximum Gasteiger partial charge on any atom is 0.303 e. The third-order valence-electron chi connectivity index (χ3n) is 5.57. The van der Waals surface area contributed by atoms with Crippen LogP contribution in [-0.2, 0) is 9.53 Å². The van der Waals surface area contributed by atoms with Gasteiger partial charge in [-0.15, -0.1) is 0 Å². The molecule has 0 aliphatic rings. The van der Waals surface area contributed by atoms with Crippen molar-refractivity contribution in [2.75, 3.05) is 19.8 Å². The summed E-state index contributed by atoms with van der Waals surface area (Å²) >= 11 is 0. The van der Waals surface area contributed by atoms with Gasteiger partial charge in [0.05, 0.1) is 19.3 Å². The van der Waals surface area contributed by atoms with Crippen LogP contribution in [0, 0.1) is 0 Å². The predicted octanol–water partition coefficient (Wildman–Crippen LogP) is 5.85. The maximum atomic E-state index is 10.4. The fourth-order valence-corrected chi connectivity index (χ4v) is 3.48. The molecule has 0 aromatic rings. The zero-order chi connectivity index (χ0) is 24.3. The average Bonchev–Trinajstić information content (AvgIpc) is 2.79. The van der Waals surface area contributed by atoms with E-state index in [0.29, 0.717) is 12.5 Å². The molecule has 0 fully saturated rings. The first kappa shape index (κ1) is 33.5. The Balaban J connectivity index is 0. The van der Waals surface area contributed by atoms with Crippen molar-refractivity contribution >= 4 is 5.97 Å². The van der Waals surface area contributed by atoms with Gasteiger partial charge in [-0.3, -0.25) is 4.79 Å². The van der Waals surface area contributed by atoms with Crippen LogP contribution in [0.15, 0.2) is 0 Å². The molecule has 1 atom stereocenters. The summed E-state index contributed by atoms with van der Waals surface area (Å²) in [5.74, 6) is -0.661. The zero-order valence-corrected chi connectivity index (χ0v) is 21.1. The Morgan fingerprint density at radius 2 is 1.12 bits per heavy atom. The molecule has 0 aromatic heterocycles. The quantitative estimate of drug-likeness (QED) is 0.142. The molecule has 4 N–H and O–H groups in total. The van der Waals surface area contributed by atoms with Crippen LogP contribution in [0.1, 0.15) is 129 Å². The molecule has 0 bridgehead atoms. The highest BCUT2D eigenvalue weighted by Crippen LogP contribution is 2.17. The minimum absolute atomic E-state index is 0.331. The van der Waals surface area contributed by atoms with Gasteiger partial charge in [0.25, 0.3) is 0 Å². The van der Waals surface area contributed by atoms with Crippen LogP contribution >= 0.6 is 0 Å². The molecule has 6 heteroatoms. The molecule has 0 amide bonds. The molecule has 32 heavy (non-hydrogen) atoms. The second kappa shape index (κ2) is 28.3. The number of hydrogen-bond acceptors (Lipinski definition) is 5. The predicted molar refractivity (Wildman–Crippen MR) is 132 cm³/mol. The summed E-state index contributed by atoms with van der Waals surface area (Å²) in [6.07, 6.45) is 21.0. The number of carbonyl (C=O) groups is 1. The molecule has 0 heterocycles. The van der Waals surface area contributed by atoms with Crippen molar-refractivity contribution in [1.82, 2.24) is 0 Å². The van der Waals surface area contributed by atoms with Gasteiger partial charge in [0.15, 0.2) is 0 Å². The topological polar surface area (TPSA) is 107 Å². The molecule has 1 unspecified atom stereocenters. The van der Waals surface area contributed by atoms with Gasteiger partial charge < -0.3 is 25.2 Å². The SMILES string of the molecule is CCCCCCC(CCCCCCCCCCC(=O)O)OCCCCC.OCC(O)CO. The van der Waals surface area contributed by atoms with Crippen LogP contribution in [0.2, 0.25) is 0 Å². The van der Waals surface area contributed by atoms with E-state index in [1.165, 1.54) is 96.3 Å². The van der Waals surface area contributed by atoms with Gasteiger partial charge in [0.2, 0.25) is 0 Å². The lowest BCUT2D eigenvalue weighted by atomic mass is 10.0. The van der Waals surface area contributed by atoms with E-state index in [-0.39, 0.29) is 13.2 Å². The monoisotopic (exact) mass is 462 g/mol. The van der Waals surface area contributed by atoms with Crippen molar-refractivity contribution < 1.29 is 30.0 Å². The third kappa shape index (κ3) is 29.3. The van der Waals surface area contributed by atoms with E-state index in [2.05, 4.69) is 13.8 Å². The average molecular weight is 463 g/mol. The summed E-state index contributed by atoms with van der Waals surface area (Å²) < 4.78 is 6.17. The number of unbranched alkanes of at least 4 members (excludes halogenated alkanes) is 12. The van der Waals surface area contributed by atoms with Gasteiger partial charge in [0, 0.05) is 13.0 Å². The summed E-state index contributed by atoms with van der Waals surface area (Å²) in [5, 5.41) is 32.6. The molecule has 0 spiro atoms. The van der Waals surface area contributed by atoms with E-state index < -0.39 is 12.1 Å². The van der Waals surface area contributed by atoms with Crippen LogP contribution in [0.3, 0.4) is 0 Å². The zero-order valence-electron chi connectivity index (χ0n) is 21.1. The number of aliphatic hydroxyl groups is 3. The molecular formula is C26H54O6. The largest absolute Gasteiger partial charge is 0.481 e. The first-order chi connectivity index (χ1) is 15.5. The van der Waals surface area contributed by atoms with Gasteiger partial charge in [-0.25, -0.2) is 0 Å². The lowest BCUT2D eigenvalue weighted by Gasteiger charge is -2.18. The van der Waals surface area contributed by atoms with Crippen molar-refractivity contribution in [2.45, 2.75) is 142 Å². The van der Waals surface area contributed by atoms with Crippen molar-refractivity contribution in [3.63, 3.8) is 0 Å². The standard InChI is InChI=1S/C23H46O3.C3H8O3/c1-3-5-7-14-18-22(26-21-17-6-4-2)19-15-12-10-8-9-11-13-16-20-23(24)25;4-1-3(6)2-5/h22H,3-21H2,1-2H3,(H,24,25);3-6H,1-2H2. The molecule has 6 nitrogen and oxygen atoms in total. The van der Waals surface area contributed by atoms with Gasteiger partial charge in [-0.1, -0.05) is 97.3 Å². The smallest absolute Gasteiger partial charge is 0.303 e. The maximum absolute atomic E-state index is 10.4. The molecule has 0 saturated heterocycles. The highest BCUT2D eigenvalue weighted by atomic mass is 16.5. The summed E-state index contributed by atoms with van der Waals surface area (Å²) in [4.78, 5) is 10.4. The number of hydrogen-bond donors (Lipinski definition) is 4. The molecule has 0 saturated carbocycles.